The number of aromatic nitrogens is 3. The first kappa shape index (κ1) is 31.2. The molecule has 5 rings (SSSR count). The predicted molar refractivity (Wildman–Crippen MR) is 162 cm³/mol. The fourth-order valence-corrected chi connectivity index (χ4v) is 6.97. The SMILES string of the molecule is CCCCC(O)(CO)Cn1c(C#N)cc2c(C)c(CN3CCC(Nc4ncnc5sc(CC(F)(F)F)cc45)CC3)ccc21. The Morgan fingerprint density at radius 1 is 1.16 bits per heavy atom. The maximum Gasteiger partial charge on any atom is 0.393 e. The molecule has 0 spiro atoms. The lowest BCUT2D eigenvalue weighted by atomic mass is 9.97. The van der Waals surface area contributed by atoms with Crippen molar-refractivity contribution in [2.24, 2.45) is 0 Å². The van der Waals surface area contributed by atoms with Crippen LogP contribution in [-0.4, -0.2) is 67.2 Å². The predicted octanol–water partition coefficient (Wildman–Crippen LogP) is 5.92. The van der Waals surface area contributed by atoms with E-state index in [0.29, 0.717) is 28.1 Å². The van der Waals surface area contributed by atoms with Crippen LogP contribution in [-0.2, 0) is 19.5 Å². The highest BCUT2D eigenvalue weighted by Crippen LogP contribution is 2.34. The van der Waals surface area contributed by atoms with Crippen molar-refractivity contribution in [3.05, 3.63) is 52.3 Å². The van der Waals surface area contributed by atoms with Gasteiger partial charge in [-0.2, -0.15) is 18.4 Å². The number of nitrogens with zero attached hydrogens (tertiary/aromatic N) is 5. The van der Waals surface area contributed by atoms with Crippen LogP contribution in [0.4, 0.5) is 19.0 Å². The summed E-state index contributed by atoms with van der Waals surface area (Å²) in [6.45, 7) is 6.32. The van der Waals surface area contributed by atoms with Gasteiger partial charge in [-0.25, -0.2) is 9.97 Å². The van der Waals surface area contributed by atoms with Crippen LogP contribution in [0.3, 0.4) is 0 Å². The molecule has 4 aromatic rings. The standard InChI is InChI=1S/C31H37F3N6O2S/c1-3-4-9-30(42,18-41)17-40-23(15-35)12-25-20(2)21(5-6-27(25)40)16-39-10-7-22(8-11-39)38-28-26-13-24(14-31(32,33)34)43-29(26)37-19-36-28/h5-6,12-13,19,22,41-42H,3-4,7-11,14,16-18H2,1-2H3,(H,36,37,38). The molecule has 0 bridgehead atoms. The highest BCUT2D eigenvalue weighted by atomic mass is 32.1. The lowest BCUT2D eigenvalue weighted by Gasteiger charge is -2.33. The first-order valence-electron chi connectivity index (χ1n) is 14.7. The molecule has 0 amide bonds. The van der Waals surface area contributed by atoms with E-state index in [9.17, 15) is 28.6 Å². The molecule has 1 aliphatic heterocycles. The minimum Gasteiger partial charge on any atom is -0.393 e. The van der Waals surface area contributed by atoms with Gasteiger partial charge in [0, 0.05) is 41.5 Å². The molecule has 1 saturated heterocycles. The van der Waals surface area contributed by atoms with Gasteiger partial charge in [-0.15, -0.1) is 11.3 Å². The van der Waals surface area contributed by atoms with E-state index < -0.39 is 18.2 Å². The van der Waals surface area contributed by atoms with Crippen LogP contribution < -0.4 is 5.32 Å². The van der Waals surface area contributed by atoms with Crippen molar-refractivity contribution in [3.63, 3.8) is 0 Å². The van der Waals surface area contributed by atoms with E-state index >= 15 is 0 Å². The number of fused-ring (bicyclic) bond motifs is 2. The maximum atomic E-state index is 12.9. The van der Waals surface area contributed by atoms with Crippen molar-refractivity contribution in [2.75, 3.05) is 25.0 Å². The van der Waals surface area contributed by atoms with Gasteiger partial charge >= 0.3 is 6.18 Å². The number of benzene rings is 1. The average Bonchev–Trinajstić information content (AvgIpc) is 3.54. The topological polar surface area (TPSA) is 110 Å². The number of unbranched alkanes of at least 4 members (excludes halogenated alkanes) is 1. The van der Waals surface area contributed by atoms with Crippen LogP contribution in [0.1, 0.15) is 60.7 Å². The molecule has 12 heteroatoms. The van der Waals surface area contributed by atoms with Gasteiger partial charge in [0.15, 0.2) is 0 Å². The lowest BCUT2D eigenvalue weighted by molar-refractivity contribution is -0.126. The monoisotopic (exact) mass is 614 g/mol. The molecule has 1 aliphatic rings. The summed E-state index contributed by atoms with van der Waals surface area (Å²) in [5.41, 5.74) is 2.29. The summed E-state index contributed by atoms with van der Waals surface area (Å²) >= 11 is 1.05. The van der Waals surface area contributed by atoms with Gasteiger partial charge in [-0.1, -0.05) is 25.8 Å². The normalized spacial score (nSPS) is 16.5. The molecular weight excluding hydrogens is 577 g/mol. The number of rotatable bonds is 11. The van der Waals surface area contributed by atoms with Gasteiger partial charge in [0.1, 0.15) is 34.3 Å². The molecule has 8 nitrogen and oxygen atoms in total. The number of nitriles is 1. The second-order valence-corrected chi connectivity index (χ2v) is 12.8. The summed E-state index contributed by atoms with van der Waals surface area (Å²) in [5.74, 6) is 0.579. The molecule has 0 aliphatic carbocycles. The number of hydrogen-bond acceptors (Lipinski definition) is 8. The largest absolute Gasteiger partial charge is 0.393 e. The van der Waals surface area contributed by atoms with E-state index in [2.05, 4.69) is 39.2 Å². The molecule has 43 heavy (non-hydrogen) atoms. The third-order valence-corrected chi connectivity index (χ3v) is 9.44. The van der Waals surface area contributed by atoms with Gasteiger partial charge in [0.05, 0.1) is 25.0 Å². The zero-order valence-corrected chi connectivity index (χ0v) is 25.2. The van der Waals surface area contributed by atoms with Crippen LogP contribution in [0.5, 0.6) is 0 Å². The molecule has 3 aromatic heterocycles. The van der Waals surface area contributed by atoms with Crippen LogP contribution in [0.25, 0.3) is 21.1 Å². The number of aliphatic hydroxyl groups is 2. The first-order chi connectivity index (χ1) is 20.5. The van der Waals surface area contributed by atoms with Gasteiger partial charge in [0.25, 0.3) is 0 Å². The number of alkyl halides is 3. The molecule has 0 saturated carbocycles. The molecule has 230 valence electrons. The minimum absolute atomic E-state index is 0.147. The van der Waals surface area contributed by atoms with Crippen molar-refractivity contribution >= 4 is 38.3 Å². The number of nitrogens with one attached hydrogen (secondary N) is 1. The molecule has 0 radical (unpaired) electrons. The van der Waals surface area contributed by atoms with Crippen LogP contribution in [0.15, 0.2) is 30.6 Å². The minimum atomic E-state index is -4.26. The Kier molecular flexibility index (Phi) is 9.27. The Morgan fingerprint density at radius 2 is 1.93 bits per heavy atom. The quantitative estimate of drug-likeness (QED) is 0.192. The molecule has 1 aromatic carbocycles. The summed E-state index contributed by atoms with van der Waals surface area (Å²) in [6, 6.07) is 9.90. The van der Waals surface area contributed by atoms with Crippen molar-refractivity contribution < 1.29 is 23.4 Å². The maximum absolute atomic E-state index is 12.9. The number of piperidine rings is 1. The fourth-order valence-electron chi connectivity index (χ4n) is 5.94. The number of likely N-dealkylation sites (tertiary alicyclic amines) is 1. The number of hydrogen-bond donors (Lipinski definition) is 3. The Labute approximate surface area is 252 Å². The Bertz CT molecular complexity index is 1620. The molecule has 1 fully saturated rings. The van der Waals surface area contributed by atoms with Crippen LogP contribution in [0.2, 0.25) is 0 Å². The average molecular weight is 615 g/mol. The van der Waals surface area contributed by atoms with Gasteiger partial charge in [-0.05, 0) is 55.5 Å². The van der Waals surface area contributed by atoms with E-state index in [1.54, 1.807) is 6.07 Å². The zero-order chi connectivity index (χ0) is 30.8. The van der Waals surface area contributed by atoms with Crippen molar-refractivity contribution in [3.8, 4) is 6.07 Å². The van der Waals surface area contributed by atoms with E-state index in [1.165, 1.54) is 6.33 Å². The molecule has 1 atom stereocenters. The second kappa shape index (κ2) is 12.8. The number of halogens is 3. The fraction of sp³-hybridized carbons (Fsp3) is 0.516. The van der Waals surface area contributed by atoms with Gasteiger partial charge < -0.3 is 20.1 Å². The summed E-state index contributed by atoms with van der Waals surface area (Å²) in [6.07, 6.45) is 0.0306. The summed E-state index contributed by atoms with van der Waals surface area (Å²) in [7, 11) is 0. The molecule has 4 heterocycles. The van der Waals surface area contributed by atoms with E-state index in [0.717, 1.165) is 78.7 Å². The zero-order valence-electron chi connectivity index (χ0n) is 24.4. The van der Waals surface area contributed by atoms with Crippen molar-refractivity contribution in [1.82, 2.24) is 19.4 Å². The highest BCUT2D eigenvalue weighted by Gasteiger charge is 2.30. The number of thiophene rings is 1. The van der Waals surface area contributed by atoms with E-state index in [1.807, 2.05) is 23.6 Å². The van der Waals surface area contributed by atoms with E-state index in [4.69, 9.17) is 0 Å². The number of aliphatic hydroxyl groups excluding tert-OH is 1. The molecular formula is C31H37F3N6O2S. The molecule has 1 unspecified atom stereocenters. The smallest absolute Gasteiger partial charge is 0.393 e. The Hall–Kier alpha value is -3.24. The lowest BCUT2D eigenvalue weighted by Crippen LogP contribution is -2.39. The van der Waals surface area contributed by atoms with Gasteiger partial charge in [0.2, 0.25) is 0 Å². The second-order valence-electron chi connectivity index (χ2n) is 11.6. The highest BCUT2D eigenvalue weighted by molar-refractivity contribution is 7.18. The van der Waals surface area contributed by atoms with Crippen molar-refractivity contribution in [1.29, 1.82) is 5.26 Å². The number of anilines is 1. The summed E-state index contributed by atoms with van der Waals surface area (Å²) < 4.78 is 40.5. The number of aryl methyl sites for hydroxylation is 1. The van der Waals surface area contributed by atoms with Crippen LogP contribution in [0, 0.1) is 18.3 Å². The van der Waals surface area contributed by atoms with Gasteiger partial charge in [-0.3, -0.25) is 4.90 Å². The van der Waals surface area contributed by atoms with Crippen molar-refractivity contribution in [2.45, 2.75) is 83.3 Å². The summed E-state index contributed by atoms with van der Waals surface area (Å²) in [5, 5.41) is 35.8. The third-order valence-electron chi connectivity index (χ3n) is 8.40. The first-order valence-corrected chi connectivity index (χ1v) is 15.5. The van der Waals surface area contributed by atoms with Crippen LogP contribution >= 0.6 is 11.3 Å². The Balaban J connectivity index is 1.25. The van der Waals surface area contributed by atoms with E-state index in [-0.39, 0.29) is 24.1 Å². The Morgan fingerprint density at radius 3 is 2.60 bits per heavy atom. The third kappa shape index (κ3) is 7.12. The summed E-state index contributed by atoms with van der Waals surface area (Å²) in [4.78, 5) is 11.7. The molecule has 3 N–H and O–H groups in total.